The largest absolute Gasteiger partial charge is 0.468 e. The molecular weight excluding hydrogens is 373 g/mol. The minimum absolute atomic E-state index is 0.0254. The van der Waals surface area contributed by atoms with Crippen molar-refractivity contribution in [2.24, 2.45) is 16.3 Å². The van der Waals surface area contributed by atoms with Crippen molar-refractivity contribution < 1.29 is 14.3 Å². The molecule has 1 heterocycles. The van der Waals surface area contributed by atoms with Gasteiger partial charge in [-0.2, -0.15) is 0 Å². The Hall–Kier alpha value is -1.65. The first-order valence-electron chi connectivity index (χ1n) is 8.49. The van der Waals surface area contributed by atoms with Gasteiger partial charge < -0.3 is 4.74 Å². The lowest BCUT2D eigenvalue weighted by Crippen LogP contribution is -2.39. The van der Waals surface area contributed by atoms with Crippen LogP contribution in [-0.2, 0) is 14.3 Å². The first kappa shape index (κ1) is 19.1. The molecule has 0 saturated carbocycles. The lowest BCUT2D eigenvalue weighted by molar-refractivity contribution is -0.143. The van der Waals surface area contributed by atoms with Gasteiger partial charge in [-0.05, 0) is 36.5 Å². The number of ketones is 1. The van der Waals surface area contributed by atoms with Crippen molar-refractivity contribution in [3.8, 4) is 0 Å². The highest BCUT2D eigenvalue weighted by atomic mass is 35.5. The quantitative estimate of drug-likeness (QED) is 0.665. The monoisotopic (exact) mass is 393 g/mol. The van der Waals surface area contributed by atoms with Gasteiger partial charge >= 0.3 is 5.97 Å². The minimum Gasteiger partial charge on any atom is -0.468 e. The summed E-state index contributed by atoms with van der Waals surface area (Å²) in [7, 11) is 1.34. The Morgan fingerprint density at radius 1 is 1.23 bits per heavy atom. The molecule has 0 radical (unpaired) electrons. The zero-order valence-electron chi connectivity index (χ0n) is 15.2. The van der Waals surface area contributed by atoms with E-state index in [0.717, 1.165) is 11.3 Å². The van der Waals surface area contributed by atoms with Crippen LogP contribution in [0.5, 0.6) is 0 Å². The molecule has 0 bridgehead atoms. The maximum absolute atomic E-state index is 13.0. The van der Waals surface area contributed by atoms with Crippen LogP contribution in [0.2, 0.25) is 10.0 Å². The number of hydrogen-bond donors (Lipinski definition) is 0. The second-order valence-corrected chi connectivity index (χ2v) is 8.52. The van der Waals surface area contributed by atoms with E-state index >= 15 is 0 Å². The van der Waals surface area contributed by atoms with Crippen LogP contribution >= 0.6 is 23.2 Å². The number of rotatable bonds is 2. The van der Waals surface area contributed by atoms with E-state index in [9.17, 15) is 9.59 Å². The summed E-state index contributed by atoms with van der Waals surface area (Å²) in [5.41, 5.74) is 2.63. The van der Waals surface area contributed by atoms with E-state index in [1.807, 2.05) is 13.0 Å². The van der Waals surface area contributed by atoms with E-state index in [0.29, 0.717) is 34.2 Å². The molecule has 0 N–H and O–H groups in total. The average Bonchev–Trinajstić information content (AvgIpc) is 2.54. The Labute approximate surface area is 163 Å². The smallest absolute Gasteiger partial charge is 0.315 e. The van der Waals surface area contributed by atoms with Crippen molar-refractivity contribution in [1.82, 2.24) is 0 Å². The lowest BCUT2D eigenvalue weighted by atomic mass is 9.67. The third-order valence-corrected chi connectivity index (χ3v) is 5.80. The van der Waals surface area contributed by atoms with Crippen LogP contribution in [0, 0.1) is 11.3 Å². The predicted molar refractivity (Wildman–Crippen MR) is 103 cm³/mol. The van der Waals surface area contributed by atoms with Gasteiger partial charge in [0, 0.05) is 29.3 Å². The van der Waals surface area contributed by atoms with Crippen molar-refractivity contribution in [3.63, 3.8) is 0 Å². The molecule has 1 aliphatic carbocycles. The fourth-order valence-electron chi connectivity index (χ4n) is 3.94. The lowest BCUT2D eigenvalue weighted by Gasteiger charge is -2.38. The zero-order chi connectivity index (χ0) is 19.2. The zero-order valence-corrected chi connectivity index (χ0v) is 16.7. The molecule has 2 atom stereocenters. The molecule has 26 heavy (non-hydrogen) atoms. The molecule has 1 unspecified atom stereocenters. The molecule has 1 aliphatic heterocycles. The molecule has 3 rings (SSSR count). The summed E-state index contributed by atoms with van der Waals surface area (Å²) >= 11 is 12.3. The van der Waals surface area contributed by atoms with Crippen LogP contribution in [0.4, 0.5) is 0 Å². The number of carbonyl (C=O) groups excluding carboxylic acids is 2. The van der Waals surface area contributed by atoms with E-state index in [1.165, 1.54) is 7.11 Å². The van der Waals surface area contributed by atoms with Gasteiger partial charge in [0.15, 0.2) is 5.78 Å². The summed E-state index contributed by atoms with van der Waals surface area (Å²) in [4.78, 5) is 30.2. The summed E-state index contributed by atoms with van der Waals surface area (Å²) in [5.74, 6) is -1.50. The average molecular weight is 394 g/mol. The maximum atomic E-state index is 13.0. The van der Waals surface area contributed by atoms with E-state index in [4.69, 9.17) is 27.9 Å². The molecule has 6 heteroatoms. The molecule has 4 nitrogen and oxygen atoms in total. The molecular formula is C20H21Cl2NO3. The predicted octanol–water partition coefficient (Wildman–Crippen LogP) is 4.98. The highest BCUT2D eigenvalue weighted by molar-refractivity contribution is 6.42. The number of aliphatic imine (C=N–C) groups is 1. The molecule has 0 aromatic heterocycles. The molecule has 0 saturated heterocycles. The summed E-state index contributed by atoms with van der Waals surface area (Å²) in [6.45, 7) is 5.92. The van der Waals surface area contributed by atoms with Crippen LogP contribution in [0.25, 0.3) is 0 Å². The van der Waals surface area contributed by atoms with Gasteiger partial charge in [-0.3, -0.25) is 14.6 Å². The summed E-state index contributed by atoms with van der Waals surface area (Å²) in [6.07, 6.45) is 1.11. The number of Topliss-reactive ketones (excluding diaryl/α,β-unsaturated/α-hetero) is 1. The fraction of sp³-hybridized carbons (Fsp3) is 0.450. The first-order valence-corrected chi connectivity index (χ1v) is 9.24. The number of methoxy groups -OCH3 is 1. The number of nitrogens with zero attached hydrogens (tertiary/aromatic N) is 1. The number of halogens is 2. The van der Waals surface area contributed by atoms with Crippen LogP contribution in [0.3, 0.4) is 0 Å². The number of ether oxygens (including phenoxy) is 1. The van der Waals surface area contributed by atoms with Gasteiger partial charge in [0.1, 0.15) is 5.92 Å². The molecule has 1 aromatic rings. The molecule has 0 spiro atoms. The van der Waals surface area contributed by atoms with Gasteiger partial charge in [0.05, 0.1) is 17.2 Å². The Bertz CT molecular complexity index is 855. The van der Waals surface area contributed by atoms with Crippen molar-refractivity contribution in [2.45, 2.75) is 39.5 Å². The van der Waals surface area contributed by atoms with Gasteiger partial charge in [0.2, 0.25) is 0 Å². The van der Waals surface area contributed by atoms with Gasteiger partial charge in [-0.1, -0.05) is 43.1 Å². The number of benzene rings is 1. The second-order valence-electron chi connectivity index (χ2n) is 7.71. The van der Waals surface area contributed by atoms with Crippen LogP contribution < -0.4 is 0 Å². The van der Waals surface area contributed by atoms with Crippen LogP contribution in [0.1, 0.15) is 45.1 Å². The standard InChI is InChI=1S/C20H21Cl2NO3/c1-10-16(19(25)26-4)17(11-5-6-12(21)13(22)7-11)18-14(23-10)8-20(2,3)9-15(18)24/h5-7,16-17H,8-9H2,1-4H3/t16?,17-/m0/s1. The molecule has 0 amide bonds. The van der Waals surface area contributed by atoms with Gasteiger partial charge in [-0.25, -0.2) is 0 Å². The van der Waals surface area contributed by atoms with E-state index in [2.05, 4.69) is 18.8 Å². The number of hydrogen-bond acceptors (Lipinski definition) is 4. The SMILES string of the molecule is COC(=O)C1C(C)=NC2=C(C(=O)CC(C)(C)C2)[C@H]1c1ccc(Cl)c(Cl)c1. The van der Waals surface area contributed by atoms with Gasteiger partial charge in [0.25, 0.3) is 0 Å². The van der Waals surface area contributed by atoms with E-state index < -0.39 is 17.8 Å². The maximum Gasteiger partial charge on any atom is 0.315 e. The Balaban J connectivity index is 2.21. The molecule has 1 aromatic carbocycles. The summed E-state index contributed by atoms with van der Waals surface area (Å²) in [5, 5.41) is 0.815. The van der Waals surface area contributed by atoms with E-state index in [-0.39, 0.29) is 11.2 Å². The fourth-order valence-corrected chi connectivity index (χ4v) is 4.25. The van der Waals surface area contributed by atoms with Crippen molar-refractivity contribution >= 4 is 40.7 Å². The van der Waals surface area contributed by atoms with Gasteiger partial charge in [-0.15, -0.1) is 0 Å². The van der Waals surface area contributed by atoms with E-state index in [1.54, 1.807) is 12.1 Å². The second kappa shape index (κ2) is 6.82. The Kier molecular flexibility index (Phi) is 5.02. The topological polar surface area (TPSA) is 55.7 Å². The first-order chi connectivity index (χ1) is 12.1. The third kappa shape index (κ3) is 3.33. The number of esters is 1. The minimum atomic E-state index is -0.652. The summed E-state index contributed by atoms with van der Waals surface area (Å²) in [6, 6.07) is 5.22. The molecule has 138 valence electrons. The van der Waals surface area contributed by atoms with Crippen molar-refractivity contribution in [1.29, 1.82) is 0 Å². The molecule has 2 aliphatic rings. The summed E-state index contributed by atoms with van der Waals surface area (Å²) < 4.78 is 5.01. The third-order valence-electron chi connectivity index (χ3n) is 5.06. The van der Waals surface area contributed by atoms with Crippen LogP contribution in [0.15, 0.2) is 34.5 Å². The van der Waals surface area contributed by atoms with Crippen LogP contribution in [-0.4, -0.2) is 24.6 Å². The highest BCUT2D eigenvalue weighted by Gasteiger charge is 2.45. The highest BCUT2D eigenvalue weighted by Crippen LogP contribution is 2.48. The Morgan fingerprint density at radius 3 is 2.54 bits per heavy atom. The molecule has 0 fully saturated rings. The van der Waals surface area contributed by atoms with Crippen molar-refractivity contribution in [2.75, 3.05) is 7.11 Å². The normalized spacial score (nSPS) is 24.8. The number of carbonyl (C=O) groups is 2. The van der Waals surface area contributed by atoms with Crippen molar-refractivity contribution in [3.05, 3.63) is 45.1 Å². The number of allylic oxidation sites excluding steroid dienone is 2. The Morgan fingerprint density at radius 2 is 1.92 bits per heavy atom.